The summed E-state index contributed by atoms with van der Waals surface area (Å²) in [5, 5.41) is 8.29. The summed E-state index contributed by atoms with van der Waals surface area (Å²) in [6, 6.07) is 8.37. The van der Waals surface area contributed by atoms with Crippen LogP contribution in [0.2, 0.25) is 0 Å². The summed E-state index contributed by atoms with van der Waals surface area (Å²) in [5.41, 5.74) is 1.25. The molecule has 4 rings (SSSR count). The molecule has 0 saturated heterocycles. The Bertz CT molecular complexity index is 1340. The van der Waals surface area contributed by atoms with E-state index in [0.717, 1.165) is 17.7 Å². The van der Waals surface area contributed by atoms with Crippen LogP contribution in [0.5, 0.6) is 5.75 Å². The van der Waals surface area contributed by atoms with Crippen molar-refractivity contribution in [3.05, 3.63) is 64.3 Å². The van der Waals surface area contributed by atoms with Crippen LogP contribution in [0.15, 0.2) is 51.9 Å². The highest BCUT2D eigenvalue weighted by molar-refractivity contribution is 5.57. The van der Waals surface area contributed by atoms with Gasteiger partial charge in [0, 0.05) is 24.4 Å². The number of benzene rings is 1. The van der Waals surface area contributed by atoms with Crippen molar-refractivity contribution in [2.75, 3.05) is 0 Å². The van der Waals surface area contributed by atoms with Gasteiger partial charge in [-0.3, -0.25) is 4.79 Å². The lowest BCUT2D eigenvalue weighted by atomic mass is 10.2. The molecule has 0 aliphatic heterocycles. The van der Waals surface area contributed by atoms with E-state index in [1.807, 2.05) is 13.8 Å². The SMILES string of the molecule is Cc1nc(-c2nc(-c3ccc(OC(F)(F)F)cc3)no2)nn1Cc1ccc(=O)n(CC(C)C)c1. The maximum absolute atomic E-state index is 12.3. The van der Waals surface area contributed by atoms with Crippen LogP contribution in [0.25, 0.3) is 23.1 Å². The average Bonchev–Trinajstić information content (AvgIpc) is 3.37. The third-order valence-electron chi connectivity index (χ3n) is 4.76. The number of hydrogen-bond donors (Lipinski definition) is 0. The van der Waals surface area contributed by atoms with Crippen LogP contribution in [0, 0.1) is 12.8 Å². The molecule has 0 N–H and O–H groups in total. The van der Waals surface area contributed by atoms with Crippen LogP contribution in [0.4, 0.5) is 13.2 Å². The summed E-state index contributed by atoms with van der Waals surface area (Å²) in [7, 11) is 0. The normalized spacial score (nSPS) is 11.9. The molecule has 0 amide bonds. The Balaban J connectivity index is 1.52. The number of ether oxygens (including phenoxy) is 1. The smallest absolute Gasteiger partial charge is 0.406 e. The van der Waals surface area contributed by atoms with Crippen molar-refractivity contribution >= 4 is 0 Å². The Hall–Kier alpha value is -3.96. The first-order valence-electron chi connectivity index (χ1n) is 10.4. The van der Waals surface area contributed by atoms with Gasteiger partial charge >= 0.3 is 6.36 Å². The average molecular weight is 474 g/mol. The molecule has 0 radical (unpaired) electrons. The predicted molar refractivity (Wildman–Crippen MR) is 115 cm³/mol. The number of halogens is 3. The maximum Gasteiger partial charge on any atom is 0.573 e. The Kier molecular flexibility index (Phi) is 6.22. The fourth-order valence-corrected chi connectivity index (χ4v) is 3.28. The molecule has 12 heteroatoms. The molecule has 1 aromatic carbocycles. The van der Waals surface area contributed by atoms with E-state index in [9.17, 15) is 18.0 Å². The molecule has 0 bridgehead atoms. The minimum atomic E-state index is -4.77. The Labute approximate surface area is 191 Å². The number of rotatable bonds is 7. The summed E-state index contributed by atoms with van der Waals surface area (Å²) in [4.78, 5) is 20.7. The van der Waals surface area contributed by atoms with Crippen LogP contribution in [-0.4, -0.2) is 35.8 Å². The topological polar surface area (TPSA) is 101 Å². The van der Waals surface area contributed by atoms with Gasteiger partial charge in [-0.05, 0) is 42.7 Å². The lowest BCUT2D eigenvalue weighted by Crippen LogP contribution is -2.22. The number of aromatic nitrogens is 6. The quantitative estimate of drug-likeness (QED) is 0.398. The fourth-order valence-electron chi connectivity index (χ4n) is 3.28. The van der Waals surface area contributed by atoms with Gasteiger partial charge in [0.1, 0.15) is 11.6 Å². The molecule has 0 aliphatic rings. The van der Waals surface area contributed by atoms with Crippen molar-refractivity contribution in [1.82, 2.24) is 29.5 Å². The number of alkyl halides is 3. The Morgan fingerprint density at radius 2 is 1.79 bits per heavy atom. The molecule has 9 nitrogen and oxygen atoms in total. The molecule has 3 heterocycles. The lowest BCUT2D eigenvalue weighted by molar-refractivity contribution is -0.274. The van der Waals surface area contributed by atoms with Crippen molar-refractivity contribution in [2.24, 2.45) is 5.92 Å². The van der Waals surface area contributed by atoms with Gasteiger partial charge in [0.05, 0.1) is 6.54 Å². The van der Waals surface area contributed by atoms with Gasteiger partial charge in [-0.2, -0.15) is 4.98 Å². The van der Waals surface area contributed by atoms with E-state index in [2.05, 4.69) is 25.0 Å². The summed E-state index contributed by atoms with van der Waals surface area (Å²) >= 11 is 0. The third-order valence-corrected chi connectivity index (χ3v) is 4.76. The molecular weight excluding hydrogens is 453 g/mol. The van der Waals surface area contributed by atoms with Gasteiger partial charge < -0.3 is 13.8 Å². The van der Waals surface area contributed by atoms with Crippen molar-refractivity contribution in [1.29, 1.82) is 0 Å². The molecule has 0 fully saturated rings. The molecule has 4 aromatic rings. The Morgan fingerprint density at radius 3 is 2.47 bits per heavy atom. The van der Waals surface area contributed by atoms with E-state index in [1.54, 1.807) is 28.4 Å². The van der Waals surface area contributed by atoms with Crippen molar-refractivity contribution in [3.63, 3.8) is 0 Å². The molecule has 0 unspecified atom stereocenters. The van der Waals surface area contributed by atoms with E-state index in [4.69, 9.17) is 4.52 Å². The van der Waals surface area contributed by atoms with Crippen LogP contribution in [0.1, 0.15) is 25.2 Å². The molecule has 34 heavy (non-hydrogen) atoms. The first kappa shape index (κ1) is 23.2. The van der Waals surface area contributed by atoms with Gasteiger partial charge in [0.15, 0.2) is 0 Å². The van der Waals surface area contributed by atoms with Gasteiger partial charge in [-0.25, -0.2) is 9.67 Å². The standard InChI is InChI=1S/C22H21F3N6O3/c1-13(2)10-30-11-15(4-9-18(30)32)12-31-14(3)26-20(28-31)21-27-19(29-34-21)16-5-7-17(8-6-16)33-22(23,24)25/h4-9,11,13H,10,12H2,1-3H3. The van der Waals surface area contributed by atoms with Crippen molar-refractivity contribution < 1.29 is 22.4 Å². The van der Waals surface area contributed by atoms with E-state index >= 15 is 0 Å². The van der Waals surface area contributed by atoms with Crippen LogP contribution >= 0.6 is 0 Å². The maximum atomic E-state index is 12.3. The fraction of sp³-hybridized carbons (Fsp3) is 0.318. The minimum absolute atomic E-state index is 0.0650. The first-order chi connectivity index (χ1) is 16.1. The van der Waals surface area contributed by atoms with E-state index < -0.39 is 6.36 Å². The van der Waals surface area contributed by atoms with Crippen LogP contribution < -0.4 is 10.3 Å². The second-order valence-electron chi connectivity index (χ2n) is 8.06. The highest BCUT2D eigenvalue weighted by Gasteiger charge is 2.31. The summed E-state index contributed by atoms with van der Waals surface area (Å²) in [6.07, 6.45) is -2.96. The molecule has 0 aliphatic carbocycles. The zero-order valence-electron chi connectivity index (χ0n) is 18.6. The molecule has 3 aromatic heterocycles. The van der Waals surface area contributed by atoms with Crippen LogP contribution in [-0.2, 0) is 13.1 Å². The lowest BCUT2D eigenvalue weighted by Gasteiger charge is -2.10. The predicted octanol–water partition coefficient (Wildman–Crippen LogP) is 4.07. The largest absolute Gasteiger partial charge is 0.573 e. The van der Waals surface area contributed by atoms with E-state index in [1.165, 1.54) is 18.2 Å². The zero-order valence-corrected chi connectivity index (χ0v) is 18.6. The third kappa shape index (κ3) is 5.50. The highest BCUT2D eigenvalue weighted by Crippen LogP contribution is 2.26. The summed E-state index contributed by atoms with van der Waals surface area (Å²) in [5.74, 6) is 1.03. The number of hydrogen-bond acceptors (Lipinski definition) is 7. The monoisotopic (exact) mass is 474 g/mol. The minimum Gasteiger partial charge on any atom is -0.406 e. The second kappa shape index (κ2) is 9.12. The van der Waals surface area contributed by atoms with Gasteiger partial charge in [0.25, 0.3) is 11.4 Å². The van der Waals surface area contributed by atoms with Crippen molar-refractivity contribution in [2.45, 2.75) is 40.2 Å². The number of aryl methyl sites for hydroxylation is 1. The highest BCUT2D eigenvalue weighted by atomic mass is 19.4. The Morgan fingerprint density at radius 1 is 1.06 bits per heavy atom. The van der Waals surface area contributed by atoms with Crippen LogP contribution in [0.3, 0.4) is 0 Å². The summed E-state index contributed by atoms with van der Waals surface area (Å²) in [6.45, 7) is 6.85. The number of nitrogens with zero attached hydrogens (tertiary/aromatic N) is 6. The van der Waals surface area contributed by atoms with E-state index in [-0.39, 0.29) is 28.8 Å². The summed E-state index contributed by atoms with van der Waals surface area (Å²) < 4.78 is 49.4. The zero-order chi connectivity index (χ0) is 24.5. The first-order valence-corrected chi connectivity index (χ1v) is 10.4. The van der Waals surface area contributed by atoms with Crippen molar-refractivity contribution in [3.8, 4) is 28.9 Å². The van der Waals surface area contributed by atoms with Gasteiger partial charge in [-0.1, -0.05) is 25.1 Å². The van der Waals surface area contributed by atoms with Gasteiger partial charge in [-0.15, -0.1) is 18.3 Å². The molecular formula is C22H21F3N6O3. The molecule has 0 spiro atoms. The molecule has 178 valence electrons. The second-order valence-corrected chi connectivity index (χ2v) is 8.06. The van der Waals surface area contributed by atoms with Gasteiger partial charge in [0.2, 0.25) is 11.6 Å². The molecule has 0 atom stereocenters. The van der Waals surface area contributed by atoms with E-state index in [0.29, 0.717) is 30.4 Å². The molecule has 0 saturated carbocycles. The number of pyridine rings is 1.